The van der Waals surface area contributed by atoms with Gasteiger partial charge in [-0.1, -0.05) is 84.9 Å². The third-order valence-corrected chi connectivity index (χ3v) is 4.15. The SMILES string of the molecule is CC(=O)c1c(-c2ccccc2)ccc(C/C=C/c2ccccc2)c1O. The van der Waals surface area contributed by atoms with Crippen molar-refractivity contribution in [3.05, 3.63) is 95.6 Å². The Kier molecular flexibility index (Phi) is 5.10. The summed E-state index contributed by atoms with van der Waals surface area (Å²) >= 11 is 0. The third-order valence-electron chi connectivity index (χ3n) is 4.15. The standard InChI is InChI=1S/C23H20O2/c1-17(24)22-21(19-12-6-3-7-13-19)16-15-20(23(22)25)14-8-11-18-9-4-2-5-10-18/h2-13,15-16,25H,14H2,1H3/b11-8+. The van der Waals surface area contributed by atoms with Gasteiger partial charge in [0.15, 0.2) is 5.78 Å². The summed E-state index contributed by atoms with van der Waals surface area (Å²) in [4.78, 5) is 12.1. The minimum Gasteiger partial charge on any atom is -0.507 e. The zero-order chi connectivity index (χ0) is 17.6. The molecule has 0 radical (unpaired) electrons. The average Bonchev–Trinajstić information content (AvgIpc) is 2.64. The van der Waals surface area contributed by atoms with Gasteiger partial charge in [0.2, 0.25) is 0 Å². The molecule has 0 atom stereocenters. The number of rotatable bonds is 5. The van der Waals surface area contributed by atoms with Crippen molar-refractivity contribution in [2.75, 3.05) is 0 Å². The molecule has 0 aliphatic carbocycles. The molecule has 3 rings (SSSR count). The molecule has 3 aromatic rings. The first-order valence-electron chi connectivity index (χ1n) is 8.29. The van der Waals surface area contributed by atoms with Gasteiger partial charge < -0.3 is 5.11 Å². The van der Waals surface area contributed by atoms with Crippen molar-refractivity contribution in [1.29, 1.82) is 0 Å². The van der Waals surface area contributed by atoms with E-state index in [0.717, 1.165) is 22.3 Å². The summed E-state index contributed by atoms with van der Waals surface area (Å²) in [5.74, 6) is -0.0585. The van der Waals surface area contributed by atoms with Crippen molar-refractivity contribution in [3.8, 4) is 16.9 Å². The molecule has 3 aromatic carbocycles. The second-order valence-electron chi connectivity index (χ2n) is 5.94. The van der Waals surface area contributed by atoms with Crippen LogP contribution in [0.15, 0.2) is 78.9 Å². The first kappa shape index (κ1) is 16.7. The second-order valence-corrected chi connectivity index (χ2v) is 5.94. The Hall–Kier alpha value is -3.13. The number of allylic oxidation sites excluding steroid dienone is 1. The van der Waals surface area contributed by atoms with Gasteiger partial charge in [0.1, 0.15) is 5.75 Å². The summed E-state index contributed by atoms with van der Waals surface area (Å²) in [5, 5.41) is 10.6. The number of phenolic OH excluding ortho intramolecular Hbond substituents is 1. The largest absolute Gasteiger partial charge is 0.507 e. The summed E-state index contributed by atoms with van der Waals surface area (Å²) in [7, 11) is 0. The zero-order valence-corrected chi connectivity index (χ0v) is 14.1. The van der Waals surface area contributed by atoms with E-state index in [-0.39, 0.29) is 11.5 Å². The number of ketones is 1. The number of carbonyl (C=O) groups excluding carboxylic acids is 1. The molecule has 0 saturated heterocycles. The van der Waals surface area contributed by atoms with Gasteiger partial charge in [-0.2, -0.15) is 0 Å². The van der Waals surface area contributed by atoms with Gasteiger partial charge in [0, 0.05) is 0 Å². The minimum absolute atomic E-state index is 0.0755. The first-order valence-corrected chi connectivity index (χ1v) is 8.29. The molecular weight excluding hydrogens is 308 g/mol. The van der Waals surface area contributed by atoms with Gasteiger partial charge in [-0.25, -0.2) is 0 Å². The molecular formula is C23H20O2. The number of phenols is 1. The van der Waals surface area contributed by atoms with E-state index < -0.39 is 0 Å². The van der Waals surface area contributed by atoms with Crippen molar-refractivity contribution in [1.82, 2.24) is 0 Å². The van der Waals surface area contributed by atoms with Crippen LogP contribution in [0, 0.1) is 0 Å². The van der Waals surface area contributed by atoms with E-state index in [1.807, 2.05) is 84.9 Å². The van der Waals surface area contributed by atoms with Crippen LogP contribution in [-0.4, -0.2) is 10.9 Å². The normalized spacial score (nSPS) is 10.9. The van der Waals surface area contributed by atoms with Crippen LogP contribution < -0.4 is 0 Å². The second kappa shape index (κ2) is 7.63. The lowest BCUT2D eigenvalue weighted by Gasteiger charge is -2.12. The Bertz CT molecular complexity index is 894. The number of Topliss-reactive ketones (excluding diaryl/α,β-unsaturated/α-hetero) is 1. The number of aromatic hydroxyl groups is 1. The minimum atomic E-state index is -0.134. The van der Waals surface area contributed by atoms with Gasteiger partial charge in [0.25, 0.3) is 0 Å². The maximum absolute atomic E-state index is 12.1. The Morgan fingerprint density at radius 3 is 2.20 bits per heavy atom. The highest BCUT2D eigenvalue weighted by Gasteiger charge is 2.16. The van der Waals surface area contributed by atoms with Crippen LogP contribution in [0.3, 0.4) is 0 Å². The lowest BCUT2D eigenvalue weighted by molar-refractivity contribution is 0.101. The van der Waals surface area contributed by atoms with Crippen LogP contribution in [0.5, 0.6) is 5.75 Å². The van der Waals surface area contributed by atoms with Crippen molar-refractivity contribution in [2.24, 2.45) is 0 Å². The third kappa shape index (κ3) is 3.86. The average molecular weight is 328 g/mol. The zero-order valence-electron chi connectivity index (χ0n) is 14.1. The fourth-order valence-corrected chi connectivity index (χ4v) is 2.90. The number of hydrogen-bond donors (Lipinski definition) is 1. The predicted molar refractivity (Wildman–Crippen MR) is 103 cm³/mol. The van der Waals surface area contributed by atoms with Crippen LogP contribution in [0.2, 0.25) is 0 Å². The molecule has 1 N–H and O–H groups in total. The number of carbonyl (C=O) groups is 1. The molecule has 0 fully saturated rings. The summed E-state index contributed by atoms with van der Waals surface area (Å²) < 4.78 is 0. The summed E-state index contributed by atoms with van der Waals surface area (Å²) in [6.07, 6.45) is 4.57. The van der Waals surface area contributed by atoms with Gasteiger partial charge >= 0.3 is 0 Å². The molecule has 2 heteroatoms. The van der Waals surface area contributed by atoms with E-state index in [4.69, 9.17) is 0 Å². The summed E-state index contributed by atoms with van der Waals surface area (Å²) in [6.45, 7) is 1.49. The molecule has 0 aromatic heterocycles. The molecule has 0 aliphatic rings. The molecule has 0 amide bonds. The maximum atomic E-state index is 12.1. The molecule has 2 nitrogen and oxygen atoms in total. The number of hydrogen-bond acceptors (Lipinski definition) is 2. The lowest BCUT2D eigenvalue weighted by Crippen LogP contribution is -2.00. The van der Waals surface area contributed by atoms with Crippen molar-refractivity contribution in [2.45, 2.75) is 13.3 Å². The highest BCUT2D eigenvalue weighted by molar-refractivity contribution is 6.03. The lowest BCUT2D eigenvalue weighted by atomic mass is 9.93. The quantitative estimate of drug-likeness (QED) is 0.626. The van der Waals surface area contributed by atoms with Crippen LogP contribution in [-0.2, 0) is 6.42 Å². The van der Waals surface area contributed by atoms with Gasteiger partial charge in [-0.3, -0.25) is 4.79 Å². The monoisotopic (exact) mass is 328 g/mol. The van der Waals surface area contributed by atoms with E-state index in [9.17, 15) is 9.90 Å². The highest BCUT2D eigenvalue weighted by Crippen LogP contribution is 2.33. The Morgan fingerprint density at radius 1 is 0.920 bits per heavy atom. The Labute approximate surface area is 148 Å². The molecule has 0 spiro atoms. The first-order chi connectivity index (χ1) is 12.2. The smallest absolute Gasteiger partial charge is 0.164 e. The fraction of sp³-hybridized carbons (Fsp3) is 0.0870. The summed E-state index contributed by atoms with van der Waals surface area (Å²) in [5.41, 5.74) is 3.93. The van der Waals surface area contributed by atoms with Crippen molar-refractivity contribution >= 4 is 11.9 Å². The van der Waals surface area contributed by atoms with Crippen molar-refractivity contribution in [3.63, 3.8) is 0 Å². The Balaban J connectivity index is 1.93. The van der Waals surface area contributed by atoms with Crippen LogP contribution >= 0.6 is 0 Å². The Morgan fingerprint density at radius 2 is 1.56 bits per heavy atom. The van der Waals surface area contributed by atoms with Gasteiger partial charge in [-0.05, 0) is 35.6 Å². The molecule has 0 unspecified atom stereocenters. The van der Waals surface area contributed by atoms with E-state index >= 15 is 0 Å². The molecule has 25 heavy (non-hydrogen) atoms. The molecule has 124 valence electrons. The van der Waals surface area contributed by atoms with E-state index in [2.05, 4.69) is 0 Å². The van der Waals surface area contributed by atoms with Crippen molar-refractivity contribution < 1.29 is 9.90 Å². The molecule has 0 saturated carbocycles. The maximum Gasteiger partial charge on any atom is 0.164 e. The van der Waals surface area contributed by atoms with Gasteiger partial charge in [-0.15, -0.1) is 0 Å². The molecule has 0 bridgehead atoms. The van der Waals surface area contributed by atoms with E-state index in [1.165, 1.54) is 6.92 Å². The topological polar surface area (TPSA) is 37.3 Å². The van der Waals surface area contributed by atoms with Crippen LogP contribution in [0.25, 0.3) is 17.2 Å². The molecule has 0 heterocycles. The molecule has 0 aliphatic heterocycles. The van der Waals surface area contributed by atoms with Crippen LogP contribution in [0.4, 0.5) is 0 Å². The van der Waals surface area contributed by atoms with E-state index in [0.29, 0.717) is 12.0 Å². The van der Waals surface area contributed by atoms with Gasteiger partial charge in [0.05, 0.1) is 5.56 Å². The number of benzene rings is 3. The summed E-state index contributed by atoms with van der Waals surface area (Å²) in [6, 6.07) is 23.5. The van der Waals surface area contributed by atoms with E-state index in [1.54, 1.807) is 0 Å². The predicted octanol–water partition coefficient (Wildman–Crippen LogP) is 5.52. The highest BCUT2D eigenvalue weighted by atomic mass is 16.3. The fourth-order valence-electron chi connectivity index (χ4n) is 2.90. The van der Waals surface area contributed by atoms with Crippen LogP contribution in [0.1, 0.15) is 28.4 Å².